The van der Waals surface area contributed by atoms with Crippen LogP contribution < -0.4 is 30.9 Å². The van der Waals surface area contributed by atoms with E-state index < -0.39 is 0 Å². The molecule has 10 rings (SSSR count). The first-order valence-corrected chi connectivity index (χ1v) is 16.6. The van der Waals surface area contributed by atoms with E-state index in [9.17, 15) is 0 Å². The van der Waals surface area contributed by atoms with Gasteiger partial charge in [-0.1, -0.05) is 90.6 Å². The van der Waals surface area contributed by atoms with Gasteiger partial charge in [-0.3, -0.25) is 4.98 Å². The number of rotatable bonds is 3. The van der Waals surface area contributed by atoms with Crippen molar-refractivity contribution < 1.29 is 4.74 Å². The highest BCUT2D eigenvalue weighted by Gasteiger charge is 2.45. The molecule has 0 aliphatic carbocycles. The molecule has 6 aromatic carbocycles. The Morgan fingerprint density at radius 2 is 1.19 bits per heavy atom. The quantitative estimate of drug-likeness (QED) is 0.184. The molecule has 0 N–H and O–H groups in total. The second kappa shape index (κ2) is 10.4. The van der Waals surface area contributed by atoms with Crippen LogP contribution >= 0.6 is 11.8 Å². The maximum atomic E-state index is 6.87. The normalized spacial score (nSPS) is 13.5. The van der Waals surface area contributed by atoms with Crippen molar-refractivity contribution in [1.29, 1.82) is 0 Å². The van der Waals surface area contributed by atoms with Gasteiger partial charge in [-0.2, -0.15) is 0 Å². The molecule has 0 unspecified atom stereocenters. The largest absolute Gasteiger partial charge is 0.458 e. The zero-order valence-corrected chi connectivity index (χ0v) is 26.1. The van der Waals surface area contributed by atoms with E-state index in [1.807, 2.05) is 24.2 Å². The number of nitrogens with zero attached hydrogens (tertiary/aromatic N) is 3. The summed E-state index contributed by atoms with van der Waals surface area (Å²) in [4.78, 5) is 11.5. The van der Waals surface area contributed by atoms with Gasteiger partial charge in [0, 0.05) is 40.4 Å². The van der Waals surface area contributed by atoms with Gasteiger partial charge in [-0.15, -0.1) is 0 Å². The molecule has 47 heavy (non-hydrogen) atoms. The van der Waals surface area contributed by atoms with Crippen molar-refractivity contribution in [2.24, 2.45) is 0 Å². The predicted octanol–water partition coefficient (Wildman–Crippen LogP) is 9.09. The van der Waals surface area contributed by atoms with Gasteiger partial charge >= 0.3 is 0 Å². The first-order chi connectivity index (χ1) is 23.3. The van der Waals surface area contributed by atoms with Crippen molar-refractivity contribution in [3.63, 3.8) is 0 Å². The Labute approximate surface area is 278 Å². The van der Waals surface area contributed by atoms with Crippen LogP contribution in [0.25, 0.3) is 11.1 Å². The number of aromatic nitrogens is 1. The molecule has 3 aliphatic rings. The van der Waals surface area contributed by atoms with Crippen molar-refractivity contribution in [3.05, 3.63) is 158 Å². The van der Waals surface area contributed by atoms with Crippen molar-refractivity contribution in [2.45, 2.75) is 9.79 Å². The molecule has 6 heteroatoms. The number of benzene rings is 6. The van der Waals surface area contributed by atoms with Crippen molar-refractivity contribution in [3.8, 4) is 22.6 Å². The number of para-hydroxylation sites is 4. The minimum atomic E-state index is 0.0530. The fraction of sp³-hybridized carbons (Fsp3) is 0. The second-order valence-electron chi connectivity index (χ2n) is 12.0. The van der Waals surface area contributed by atoms with E-state index in [4.69, 9.17) is 4.74 Å². The lowest BCUT2D eigenvalue weighted by molar-refractivity contribution is 0.487. The smallest absolute Gasteiger partial charge is 0.256 e. The Hall–Kier alpha value is -5.72. The van der Waals surface area contributed by atoms with Gasteiger partial charge in [0.25, 0.3) is 6.71 Å². The van der Waals surface area contributed by atoms with Crippen molar-refractivity contribution in [1.82, 2.24) is 4.98 Å². The van der Waals surface area contributed by atoms with Crippen LogP contribution in [0.15, 0.2) is 168 Å². The van der Waals surface area contributed by atoms with Crippen LogP contribution in [0.2, 0.25) is 0 Å². The molecule has 4 nitrogen and oxygen atoms in total. The Morgan fingerprint density at radius 3 is 2.02 bits per heavy atom. The lowest BCUT2D eigenvalue weighted by Gasteiger charge is -2.43. The summed E-state index contributed by atoms with van der Waals surface area (Å²) in [6, 6.07) is 52.0. The summed E-state index contributed by atoms with van der Waals surface area (Å²) in [5.41, 5.74) is 12.9. The molecule has 7 aromatic rings. The summed E-state index contributed by atoms with van der Waals surface area (Å²) in [5.74, 6) is 1.81. The SMILES string of the molecule is c1ccc(N2c3ccccc3B3c4ccccc4Oc4cc5c(c2c43)Sc2ccccc2N5c2ccc(-c3ccncc3)cc2)cc1. The molecule has 1 aromatic heterocycles. The van der Waals surface area contributed by atoms with Crippen LogP contribution in [0.5, 0.6) is 11.5 Å². The summed E-state index contributed by atoms with van der Waals surface area (Å²) < 4.78 is 6.87. The molecule has 0 atom stereocenters. The molecule has 220 valence electrons. The third kappa shape index (κ3) is 4.01. The average molecular weight is 620 g/mol. The summed E-state index contributed by atoms with van der Waals surface area (Å²) in [5, 5.41) is 0. The van der Waals surface area contributed by atoms with Crippen LogP contribution in [0.3, 0.4) is 0 Å². The van der Waals surface area contributed by atoms with Gasteiger partial charge in [0.15, 0.2) is 0 Å². The van der Waals surface area contributed by atoms with E-state index in [0.717, 1.165) is 45.4 Å². The van der Waals surface area contributed by atoms with Gasteiger partial charge in [-0.05, 0) is 88.2 Å². The van der Waals surface area contributed by atoms with Gasteiger partial charge in [0.05, 0.1) is 22.0 Å². The van der Waals surface area contributed by atoms with E-state index in [1.54, 1.807) is 0 Å². The molecule has 0 bridgehead atoms. The standard InChI is InChI=1S/C41H26BN3OS/c1-2-10-29(11-3-1)45-33-14-6-4-12-31(33)42-32-13-5-8-16-36(32)46-37-26-35-41(40(45)39(37)42)47-38-17-9-7-15-34(38)44(35)30-20-18-27(19-21-30)28-22-24-43-25-23-28/h1-26H. The second-order valence-corrected chi connectivity index (χ2v) is 13.0. The molecule has 0 radical (unpaired) electrons. The van der Waals surface area contributed by atoms with Crippen molar-refractivity contribution in [2.75, 3.05) is 9.80 Å². The highest BCUT2D eigenvalue weighted by Crippen LogP contribution is 2.58. The number of hydrogen-bond donors (Lipinski definition) is 0. The number of anilines is 6. The highest BCUT2D eigenvalue weighted by molar-refractivity contribution is 8.00. The van der Waals surface area contributed by atoms with E-state index in [-0.39, 0.29) is 6.71 Å². The van der Waals surface area contributed by atoms with Crippen LogP contribution in [0.4, 0.5) is 34.1 Å². The fourth-order valence-electron chi connectivity index (χ4n) is 7.38. The maximum Gasteiger partial charge on any atom is 0.256 e. The number of ether oxygens (including phenoxy) is 1. The Morgan fingerprint density at radius 1 is 0.532 bits per heavy atom. The Bertz CT molecular complexity index is 2330. The summed E-state index contributed by atoms with van der Waals surface area (Å²) in [7, 11) is 0. The first kappa shape index (κ1) is 26.5. The molecule has 0 amide bonds. The van der Waals surface area contributed by atoms with Gasteiger partial charge in [0.1, 0.15) is 11.5 Å². The first-order valence-electron chi connectivity index (χ1n) is 15.8. The topological polar surface area (TPSA) is 28.6 Å². The lowest BCUT2D eigenvalue weighted by Crippen LogP contribution is -2.59. The average Bonchev–Trinajstić information content (AvgIpc) is 3.14. The molecule has 0 saturated carbocycles. The van der Waals surface area contributed by atoms with Gasteiger partial charge in [-0.25, -0.2) is 0 Å². The molecule has 4 heterocycles. The lowest BCUT2D eigenvalue weighted by atomic mass is 9.34. The molecule has 3 aliphatic heterocycles. The van der Waals surface area contributed by atoms with E-state index >= 15 is 0 Å². The van der Waals surface area contributed by atoms with Crippen LogP contribution in [0.1, 0.15) is 0 Å². The maximum absolute atomic E-state index is 6.87. The van der Waals surface area contributed by atoms with E-state index in [0.29, 0.717) is 0 Å². The molecular formula is C41H26BN3OS. The summed E-state index contributed by atoms with van der Waals surface area (Å²) in [6.45, 7) is 0.0530. The summed E-state index contributed by atoms with van der Waals surface area (Å²) >= 11 is 1.85. The zero-order valence-electron chi connectivity index (χ0n) is 25.2. The minimum absolute atomic E-state index is 0.0530. The molecule has 0 saturated heterocycles. The predicted molar refractivity (Wildman–Crippen MR) is 194 cm³/mol. The Kier molecular flexibility index (Phi) is 5.87. The fourth-order valence-corrected chi connectivity index (χ4v) is 8.57. The molecule has 0 fully saturated rings. The van der Waals surface area contributed by atoms with E-state index in [2.05, 4.69) is 160 Å². The van der Waals surface area contributed by atoms with E-state index in [1.165, 1.54) is 37.6 Å². The third-order valence-corrected chi connectivity index (χ3v) is 10.6. The molecule has 0 spiro atoms. The van der Waals surface area contributed by atoms with Crippen molar-refractivity contribution >= 4 is 69.0 Å². The molecular weight excluding hydrogens is 593 g/mol. The van der Waals surface area contributed by atoms with Crippen LogP contribution in [0, 0.1) is 0 Å². The highest BCUT2D eigenvalue weighted by atomic mass is 32.2. The minimum Gasteiger partial charge on any atom is -0.458 e. The Balaban J connectivity index is 1.26. The van der Waals surface area contributed by atoms with Crippen LogP contribution in [-0.4, -0.2) is 11.7 Å². The zero-order chi connectivity index (χ0) is 30.9. The van der Waals surface area contributed by atoms with Crippen LogP contribution in [-0.2, 0) is 0 Å². The van der Waals surface area contributed by atoms with Gasteiger partial charge < -0.3 is 14.5 Å². The number of fused-ring (bicyclic) bond motifs is 7. The summed E-state index contributed by atoms with van der Waals surface area (Å²) in [6.07, 6.45) is 3.68. The number of hydrogen-bond acceptors (Lipinski definition) is 5. The van der Waals surface area contributed by atoms with Gasteiger partial charge in [0.2, 0.25) is 0 Å². The third-order valence-electron chi connectivity index (χ3n) is 9.40. The number of pyridine rings is 1. The monoisotopic (exact) mass is 619 g/mol.